The highest BCUT2D eigenvalue weighted by molar-refractivity contribution is 5.82. The van der Waals surface area contributed by atoms with Crippen LogP contribution in [0.15, 0.2) is 42.5 Å². The SMILES string of the molecule is C[C@@H](O[C@H]1CN2C(=O)C(CO)C[C@H]2[C@@H]1c1ccc(F)cc1)c1cc(C(F)(F)F)cc(C(F)(F)F)c1. The van der Waals surface area contributed by atoms with Crippen LogP contribution in [0.4, 0.5) is 30.7 Å². The molecule has 2 aliphatic heterocycles. The molecule has 2 aromatic carbocycles. The Hall–Kier alpha value is -2.66. The Morgan fingerprint density at radius 1 is 1.03 bits per heavy atom. The Labute approximate surface area is 196 Å². The molecule has 35 heavy (non-hydrogen) atoms. The molecule has 1 N–H and O–H groups in total. The summed E-state index contributed by atoms with van der Waals surface area (Å²) in [5, 5.41) is 9.52. The van der Waals surface area contributed by atoms with Gasteiger partial charge in [-0.15, -0.1) is 0 Å². The first-order chi connectivity index (χ1) is 16.3. The van der Waals surface area contributed by atoms with Crippen molar-refractivity contribution in [2.75, 3.05) is 13.2 Å². The van der Waals surface area contributed by atoms with E-state index >= 15 is 0 Å². The minimum atomic E-state index is -4.99. The lowest BCUT2D eigenvalue weighted by Gasteiger charge is -2.27. The monoisotopic (exact) mass is 505 g/mol. The summed E-state index contributed by atoms with van der Waals surface area (Å²) in [6.07, 6.45) is -11.6. The van der Waals surface area contributed by atoms with E-state index in [1.807, 2.05) is 0 Å². The van der Waals surface area contributed by atoms with E-state index in [1.165, 1.54) is 36.1 Å². The minimum absolute atomic E-state index is 0.0392. The zero-order valence-electron chi connectivity index (χ0n) is 18.4. The number of hydrogen-bond donors (Lipinski definition) is 1. The van der Waals surface area contributed by atoms with E-state index in [0.717, 1.165) is 0 Å². The van der Waals surface area contributed by atoms with Crippen molar-refractivity contribution in [3.63, 3.8) is 0 Å². The van der Waals surface area contributed by atoms with Crippen LogP contribution < -0.4 is 0 Å². The number of rotatable bonds is 5. The average molecular weight is 505 g/mol. The van der Waals surface area contributed by atoms with Crippen LogP contribution in [0.1, 0.15) is 47.6 Å². The zero-order valence-corrected chi connectivity index (χ0v) is 18.4. The fraction of sp³-hybridized carbons (Fsp3) is 0.458. The van der Waals surface area contributed by atoms with Crippen LogP contribution in [0.2, 0.25) is 0 Å². The molecule has 0 aliphatic carbocycles. The van der Waals surface area contributed by atoms with Crippen molar-refractivity contribution in [1.29, 1.82) is 0 Å². The Kier molecular flexibility index (Phi) is 6.60. The number of benzene rings is 2. The quantitative estimate of drug-likeness (QED) is 0.560. The number of aliphatic hydroxyl groups is 1. The molecule has 5 atom stereocenters. The van der Waals surface area contributed by atoms with Crippen molar-refractivity contribution in [2.24, 2.45) is 5.92 Å². The normalized spacial score (nSPS) is 25.7. The number of carbonyl (C=O) groups is 1. The van der Waals surface area contributed by atoms with Gasteiger partial charge in [-0.25, -0.2) is 4.39 Å². The topological polar surface area (TPSA) is 49.8 Å². The number of aliphatic hydroxyl groups excluding tert-OH is 1. The second kappa shape index (κ2) is 9.09. The smallest absolute Gasteiger partial charge is 0.396 e. The minimum Gasteiger partial charge on any atom is -0.396 e. The largest absolute Gasteiger partial charge is 0.416 e. The van der Waals surface area contributed by atoms with Gasteiger partial charge in [0.25, 0.3) is 0 Å². The average Bonchev–Trinajstić information content (AvgIpc) is 3.28. The van der Waals surface area contributed by atoms with Gasteiger partial charge in [0.05, 0.1) is 35.9 Å². The number of fused-ring (bicyclic) bond motifs is 1. The van der Waals surface area contributed by atoms with E-state index < -0.39 is 59.4 Å². The highest BCUT2D eigenvalue weighted by Crippen LogP contribution is 2.45. The van der Waals surface area contributed by atoms with E-state index in [9.17, 15) is 40.6 Å². The first kappa shape index (κ1) is 25.4. The number of hydrogen-bond acceptors (Lipinski definition) is 3. The molecule has 0 saturated carbocycles. The summed E-state index contributed by atoms with van der Waals surface area (Å²) in [6.45, 7) is 1.03. The third-order valence-electron chi connectivity index (χ3n) is 6.68. The molecule has 2 aromatic rings. The molecule has 1 unspecified atom stereocenters. The van der Waals surface area contributed by atoms with Gasteiger partial charge in [-0.05, 0) is 54.8 Å². The predicted octanol–water partition coefficient (Wildman–Crippen LogP) is 5.32. The second-order valence-corrected chi connectivity index (χ2v) is 8.91. The molecule has 2 fully saturated rings. The van der Waals surface area contributed by atoms with Crippen LogP contribution in [0.3, 0.4) is 0 Å². The molecule has 190 valence electrons. The van der Waals surface area contributed by atoms with Crippen LogP contribution in [-0.4, -0.2) is 41.2 Å². The fourth-order valence-electron chi connectivity index (χ4n) is 5.00. The number of alkyl halides is 6. The van der Waals surface area contributed by atoms with Gasteiger partial charge in [-0.3, -0.25) is 4.79 Å². The van der Waals surface area contributed by atoms with Crippen LogP contribution in [0, 0.1) is 11.7 Å². The highest BCUT2D eigenvalue weighted by atomic mass is 19.4. The van der Waals surface area contributed by atoms with E-state index in [2.05, 4.69) is 0 Å². The van der Waals surface area contributed by atoms with E-state index in [0.29, 0.717) is 24.1 Å². The van der Waals surface area contributed by atoms with Crippen LogP contribution >= 0.6 is 0 Å². The van der Waals surface area contributed by atoms with Crippen LogP contribution in [0.5, 0.6) is 0 Å². The summed E-state index contributed by atoms with van der Waals surface area (Å²) in [6, 6.07) is 6.35. The number of carbonyl (C=O) groups excluding carboxylic acids is 1. The fourth-order valence-corrected chi connectivity index (χ4v) is 5.00. The van der Waals surface area contributed by atoms with E-state index in [4.69, 9.17) is 4.74 Å². The summed E-state index contributed by atoms with van der Waals surface area (Å²) < 4.78 is 99.2. The lowest BCUT2D eigenvalue weighted by Crippen LogP contribution is -2.31. The lowest BCUT2D eigenvalue weighted by molar-refractivity contribution is -0.143. The molecule has 2 saturated heterocycles. The molecular weight excluding hydrogens is 483 g/mol. The van der Waals surface area contributed by atoms with Crippen LogP contribution in [-0.2, 0) is 21.9 Å². The third kappa shape index (κ3) is 5.02. The summed E-state index contributed by atoms with van der Waals surface area (Å²) in [5.74, 6) is -1.92. The van der Waals surface area contributed by atoms with Crippen LogP contribution in [0.25, 0.3) is 0 Å². The molecular formula is C24H22F7NO3. The zero-order chi connectivity index (χ0) is 25.7. The Bertz CT molecular complexity index is 1050. The summed E-state index contributed by atoms with van der Waals surface area (Å²) in [7, 11) is 0. The van der Waals surface area contributed by atoms with Gasteiger partial charge >= 0.3 is 12.4 Å². The van der Waals surface area contributed by atoms with E-state index in [-0.39, 0.29) is 30.7 Å². The van der Waals surface area contributed by atoms with Crippen molar-refractivity contribution in [3.05, 3.63) is 70.5 Å². The first-order valence-electron chi connectivity index (χ1n) is 10.9. The van der Waals surface area contributed by atoms with Crippen molar-refractivity contribution >= 4 is 5.91 Å². The molecule has 4 nitrogen and oxygen atoms in total. The summed E-state index contributed by atoms with van der Waals surface area (Å²) in [5.41, 5.74) is -2.58. The second-order valence-electron chi connectivity index (χ2n) is 8.91. The molecule has 0 aromatic heterocycles. The number of amides is 1. The molecule has 0 radical (unpaired) electrons. The summed E-state index contributed by atoms with van der Waals surface area (Å²) in [4.78, 5) is 14.2. The maximum atomic E-state index is 13.5. The van der Waals surface area contributed by atoms with Gasteiger partial charge in [0, 0.05) is 18.5 Å². The van der Waals surface area contributed by atoms with Crippen molar-refractivity contribution in [2.45, 2.75) is 49.9 Å². The molecule has 1 amide bonds. The van der Waals surface area contributed by atoms with Gasteiger partial charge in [-0.2, -0.15) is 26.3 Å². The van der Waals surface area contributed by atoms with Gasteiger partial charge in [-0.1, -0.05) is 12.1 Å². The van der Waals surface area contributed by atoms with Crippen molar-refractivity contribution in [1.82, 2.24) is 4.90 Å². The number of nitrogens with zero attached hydrogens (tertiary/aromatic N) is 1. The molecule has 11 heteroatoms. The molecule has 4 rings (SSSR count). The summed E-state index contributed by atoms with van der Waals surface area (Å²) >= 11 is 0. The molecule has 2 aliphatic rings. The number of ether oxygens (including phenoxy) is 1. The Morgan fingerprint density at radius 2 is 1.60 bits per heavy atom. The molecule has 0 spiro atoms. The lowest BCUT2D eigenvalue weighted by atomic mass is 9.86. The van der Waals surface area contributed by atoms with Gasteiger partial charge in [0.1, 0.15) is 5.82 Å². The Morgan fingerprint density at radius 3 is 2.11 bits per heavy atom. The first-order valence-corrected chi connectivity index (χ1v) is 10.9. The third-order valence-corrected chi connectivity index (χ3v) is 6.68. The van der Waals surface area contributed by atoms with Crippen molar-refractivity contribution in [3.8, 4) is 0 Å². The molecule has 2 heterocycles. The maximum Gasteiger partial charge on any atom is 0.416 e. The predicted molar refractivity (Wildman–Crippen MR) is 110 cm³/mol. The standard InChI is InChI=1S/C24H22F7NO3/c1-12(14-6-16(23(26,27)28)9-17(7-14)24(29,30)31)35-20-10-32-19(8-15(11-33)22(32)34)21(20)13-2-4-18(25)5-3-13/h2-7,9,12,15,19-21,33H,8,10-11H2,1H3/t12-,15?,19+,20+,21+/m1/s1. The van der Waals surface area contributed by atoms with Gasteiger partial charge < -0.3 is 14.7 Å². The number of halogens is 7. The van der Waals surface area contributed by atoms with Gasteiger partial charge in [0.2, 0.25) is 5.91 Å². The Balaban J connectivity index is 1.67. The van der Waals surface area contributed by atoms with Crippen molar-refractivity contribution < 1.29 is 45.4 Å². The molecule has 0 bridgehead atoms. The van der Waals surface area contributed by atoms with Gasteiger partial charge in [0.15, 0.2) is 0 Å². The maximum absolute atomic E-state index is 13.5. The van der Waals surface area contributed by atoms with E-state index in [1.54, 1.807) is 0 Å². The highest BCUT2D eigenvalue weighted by Gasteiger charge is 2.52.